The summed E-state index contributed by atoms with van der Waals surface area (Å²) in [4.78, 5) is 24.5. The molecule has 0 radical (unpaired) electrons. The monoisotopic (exact) mass is 478 g/mol. The Hall–Kier alpha value is -3.43. The molecule has 0 fully saturated rings. The first kappa shape index (κ1) is 22.8. The standard InChI is InChI=1S/C24H22N4O3S2/c1-15-6-5-9-20(16(15)2)25-22(30)14-32-24-28-27-23(33-24)26-21(29)13-31-19-11-10-17-7-3-4-8-18(17)12-19/h3-12H,13-14H2,1-2H3,(H,25,30)(H,26,27,29). The fraction of sp³-hybridized carbons (Fsp3) is 0.167. The molecule has 9 heteroatoms. The van der Waals surface area contributed by atoms with Crippen LogP contribution in [0.25, 0.3) is 10.8 Å². The Bertz CT molecular complexity index is 1310. The van der Waals surface area contributed by atoms with Crippen LogP contribution in [0.5, 0.6) is 5.75 Å². The van der Waals surface area contributed by atoms with E-state index in [0.29, 0.717) is 15.2 Å². The van der Waals surface area contributed by atoms with Gasteiger partial charge in [-0.15, -0.1) is 10.2 Å². The molecule has 0 aliphatic carbocycles. The molecule has 2 amide bonds. The maximum absolute atomic E-state index is 12.3. The number of nitrogens with zero attached hydrogens (tertiary/aromatic N) is 2. The minimum absolute atomic E-state index is 0.127. The van der Waals surface area contributed by atoms with Crippen LogP contribution in [0, 0.1) is 13.8 Å². The minimum Gasteiger partial charge on any atom is -0.484 e. The van der Waals surface area contributed by atoms with Gasteiger partial charge in [0.1, 0.15) is 5.75 Å². The number of hydrogen-bond donors (Lipinski definition) is 2. The zero-order chi connectivity index (χ0) is 23.2. The summed E-state index contributed by atoms with van der Waals surface area (Å²) in [6.07, 6.45) is 0. The van der Waals surface area contributed by atoms with Gasteiger partial charge in [0.25, 0.3) is 5.91 Å². The summed E-state index contributed by atoms with van der Waals surface area (Å²) in [5.41, 5.74) is 2.97. The maximum Gasteiger partial charge on any atom is 0.264 e. The summed E-state index contributed by atoms with van der Waals surface area (Å²) in [5, 5.41) is 16.1. The van der Waals surface area contributed by atoms with Crippen molar-refractivity contribution in [2.24, 2.45) is 0 Å². The summed E-state index contributed by atoms with van der Waals surface area (Å²) < 4.78 is 6.19. The molecule has 1 aromatic heterocycles. The second kappa shape index (κ2) is 10.5. The van der Waals surface area contributed by atoms with Crippen molar-refractivity contribution in [3.63, 3.8) is 0 Å². The topological polar surface area (TPSA) is 93.2 Å². The molecule has 0 aliphatic rings. The molecule has 0 bridgehead atoms. The molecule has 168 valence electrons. The first-order valence-corrected chi connectivity index (χ1v) is 12.0. The molecule has 4 rings (SSSR count). The zero-order valence-corrected chi connectivity index (χ0v) is 19.8. The van der Waals surface area contributed by atoms with Gasteiger partial charge in [0, 0.05) is 5.69 Å². The normalized spacial score (nSPS) is 10.7. The maximum atomic E-state index is 12.3. The molecule has 1 heterocycles. The van der Waals surface area contributed by atoms with E-state index in [1.165, 1.54) is 23.1 Å². The third kappa shape index (κ3) is 6.09. The number of fused-ring (bicyclic) bond motifs is 1. The van der Waals surface area contributed by atoms with Crippen LogP contribution in [0.2, 0.25) is 0 Å². The molecule has 0 unspecified atom stereocenters. The highest BCUT2D eigenvalue weighted by molar-refractivity contribution is 8.01. The van der Waals surface area contributed by atoms with E-state index in [-0.39, 0.29) is 24.2 Å². The van der Waals surface area contributed by atoms with Crippen LogP contribution in [-0.2, 0) is 9.59 Å². The van der Waals surface area contributed by atoms with Crippen LogP contribution >= 0.6 is 23.1 Å². The van der Waals surface area contributed by atoms with Gasteiger partial charge in [0.15, 0.2) is 10.9 Å². The van der Waals surface area contributed by atoms with E-state index in [1.807, 2.05) is 74.5 Å². The number of rotatable bonds is 8. The molecule has 0 spiro atoms. The van der Waals surface area contributed by atoms with Crippen LogP contribution in [0.3, 0.4) is 0 Å². The van der Waals surface area contributed by atoms with Gasteiger partial charge >= 0.3 is 0 Å². The van der Waals surface area contributed by atoms with Crippen LogP contribution in [-0.4, -0.2) is 34.4 Å². The Balaban J connectivity index is 1.24. The number of aromatic nitrogens is 2. The Morgan fingerprint density at radius 3 is 2.61 bits per heavy atom. The predicted octanol–water partition coefficient (Wildman–Crippen LogP) is 5.06. The highest BCUT2D eigenvalue weighted by Gasteiger charge is 2.12. The second-order valence-electron chi connectivity index (χ2n) is 7.30. The molecule has 33 heavy (non-hydrogen) atoms. The second-order valence-corrected chi connectivity index (χ2v) is 9.50. The van der Waals surface area contributed by atoms with Gasteiger partial charge in [-0.2, -0.15) is 0 Å². The smallest absolute Gasteiger partial charge is 0.264 e. The molecule has 0 saturated carbocycles. The molecular weight excluding hydrogens is 456 g/mol. The van der Waals surface area contributed by atoms with Gasteiger partial charge in [0.05, 0.1) is 5.75 Å². The average Bonchev–Trinajstić information content (AvgIpc) is 3.26. The van der Waals surface area contributed by atoms with Gasteiger partial charge < -0.3 is 10.1 Å². The molecule has 0 aliphatic heterocycles. The van der Waals surface area contributed by atoms with Crippen LogP contribution in [0.1, 0.15) is 11.1 Å². The Labute approximate surface area is 199 Å². The van der Waals surface area contributed by atoms with Crippen molar-refractivity contribution >= 4 is 56.5 Å². The Morgan fingerprint density at radius 1 is 0.939 bits per heavy atom. The number of anilines is 2. The lowest BCUT2D eigenvalue weighted by Crippen LogP contribution is -2.20. The van der Waals surface area contributed by atoms with E-state index >= 15 is 0 Å². The number of amides is 2. The average molecular weight is 479 g/mol. The third-order valence-corrected chi connectivity index (χ3v) is 6.92. The van der Waals surface area contributed by atoms with E-state index in [4.69, 9.17) is 4.74 Å². The van der Waals surface area contributed by atoms with Gasteiger partial charge in [-0.1, -0.05) is 65.6 Å². The van der Waals surface area contributed by atoms with Crippen molar-refractivity contribution < 1.29 is 14.3 Å². The van der Waals surface area contributed by atoms with E-state index in [2.05, 4.69) is 20.8 Å². The molecule has 4 aromatic rings. The van der Waals surface area contributed by atoms with Crippen LogP contribution in [0.15, 0.2) is 65.0 Å². The summed E-state index contributed by atoms with van der Waals surface area (Å²) in [6, 6.07) is 19.4. The largest absolute Gasteiger partial charge is 0.484 e. The summed E-state index contributed by atoms with van der Waals surface area (Å²) in [5.74, 6) is 0.357. The van der Waals surface area contributed by atoms with Crippen LogP contribution < -0.4 is 15.4 Å². The first-order valence-electron chi connectivity index (χ1n) is 10.2. The van der Waals surface area contributed by atoms with E-state index in [1.54, 1.807) is 0 Å². The van der Waals surface area contributed by atoms with Gasteiger partial charge in [-0.3, -0.25) is 14.9 Å². The fourth-order valence-corrected chi connectivity index (χ4v) is 4.65. The number of hydrogen-bond acceptors (Lipinski definition) is 7. The lowest BCUT2D eigenvalue weighted by atomic mass is 10.1. The van der Waals surface area contributed by atoms with E-state index in [9.17, 15) is 9.59 Å². The van der Waals surface area contributed by atoms with E-state index < -0.39 is 0 Å². The van der Waals surface area contributed by atoms with Crippen LogP contribution in [0.4, 0.5) is 10.8 Å². The highest BCUT2D eigenvalue weighted by Crippen LogP contribution is 2.26. The van der Waals surface area contributed by atoms with Crippen molar-refractivity contribution in [3.05, 3.63) is 71.8 Å². The number of benzene rings is 3. The number of ether oxygens (including phenoxy) is 1. The summed E-state index contributed by atoms with van der Waals surface area (Å²) >= 11 is 2.48. The Morgan fingerprint density at radius 2 is 1.76 bits per heavy atom. The van der Waals surface area contributed by atoms with Crippen molar-refractivity contribution in [2.45, 2.75) is 18.2 Å². The molecule has 0 saturated heterocycles. The first-order chi connectivity index (χ1) is 16.0. The third-order valence-electron chi connectivity index (χ3n) is 4.95. The number of carbonyl (C=O) groups excluding carboxylic acids is 2. The molecule has 2 N–H and O–H groups in total. The van der Waals surface area contributed by atoms with Gasteiger partial charge in [-0.05, 0) is 53.9 Å². The molecule has 0 atom stereocenters. The quantitative estimate of drug-likeness (QED) is 0.272. The highest BCUT2D eigenvalue weighted by atomic mass is 32.2. The number of thioether (sulfide) groups is 1. The number of aryl methyl sites for hydroxylation is 1. The fourth-order valence-electron chi connectivity index (χ4n) is 3.08. The van der Waals surface area contributed by atoms with Crippen molar-refractivity contribution in [1.29, 1.82) is 0 Å². The van der Waals surface area contributed by atoms with Crippen molar-refractivity contribution in [3.8, 4) is 5.75 Å². The van der Waals surface area contributed by atoms with Gasteiger partial charge in [-0.25, -0.2) is 0 Å². The molecule has 7 nitrogen and oxygen atoms in total. The SMILES string of the molecule is Cc1cccc(NC(=O)CSc2nnc(NC(=O)COc3ccc4ccccc4c3)s2)c1C. The lowest BCUT2D eigenvalue weighted by molar-refractivity contribution is -0.118. The van der Waals surface area contributed by atoms with Crippen molar-refractivity contribution in [2.75, 3.05) is 23.0 Å². The zero-order valence-electron chi connectivity index (χ0n) is 18.1. The molecular formula is C24H22N4O3S2. The minimum atomic E-state index is -0.330. The number of carbonyl (C=O) groups is 2. The summed E-state index contributed by atoms with van der Waals surface area (Å²) in [7, 11) is 0. The summed E-state index contributed by atoms with van der Waals surface area (Å²) in [6.45, 7) is 3.84. The molecule has 3 aromatic carbocycles. The predicted molar refractivity (Wildman–Crippen MR) is 133 cm³/mol. The number of nitrogens with one attached hydrogen (secondary N) is 2. The Kier molecular flexibility index (Phi) is 7.21. The lowest BCUT2D eigenvalue weighted by Gasteiger charge is -2.09. The van der Waals surface area contributed by atoms with Crippen molar-refractivity contribution in [1.82, 2.24) is 10.2 Å². The van der Waals surface area contributed by atoms with Gasteiger partial charge in [0.2, 0.25) is 11.0 Å². The van der Waals surface area contributed by atoms with E-state index in [0.717, 1.165) is 27.6 Å².